The molecule has 0 unspecified atom stereocenters. The first kappa shape index (κ1) is 21.5. The highest BCUT2D eigenvalue weighted by Crippen LogP contribution is 2.33. The van der Waals surface area contributed by atoms with Crippen molar-refractivity contribution in [2.45, 2.75) is 46.5 Å². The van der Waals surface area contributed by atoms with Crippen LogP contribution in [0.5, 0.6) is 5.75 Å². The molecule has 3 rings (SSSR count). The van der Waals surface area contributed by atoms with Gasteiger partial charge < -0.3 is 9.47 Å². The highest BCUT2D eigenvalue weighted by atomic mass is 16.5. The molecule has 0 aliphatic heterocycles. The minimum atomic E-state index is -0.409. The maximum Gasteiger partial charge on any atom is 0.305 e. The number of esters is 1. The van der Waals surface area contributed by atoms with E-state index >= 15 is 0 Å². The van der Waals surface area contributed by atoms with Crippen molar-refractivity contribution in [2.24, 2.45) is 0 Å². The normalized spacial score (nSPS) is 11.2. The molecule has 0 aliphatic rings. The average Bonchev–Trinajstić information content (AvgIpc) is 2.70. The summed E-state index contributed by atoms with van der Waals surface area (Å²) in [7, 11) is 0. The van der Waals surface area contributed by atoms with Gasteiger partial charge >= 0.3 is 5.97 Å². The van der Waals surface area contributed by atoms with Crippen LogP contribution in [0.4, 0.5) is 0 Å². The third-order valence-corrected chi connectivity index (χ3v) is 4.80. The molecule has 1 aromatic heterocycles. The van der Waals surface area contributed by atoms with Gasteiger partial charge in [0.15, 0.2) is 0 Å². The zero-order chi connectivity index (χ0) is 21.8. The third-order valence-electron chi connectivity index (χ3n) is 4.80. The monoisotopic (exact) mass is 410 g/mol. The maximum absolute atomic E-state index is 12.9. The fourth-order valence-corrected chi connectivity index (χ4v) is 3.43. The topological polar surface area (TPSA) is 87.5 Å². The summed E-state index contributed by atoms with van der Waals surface area (Å²) in [6.45, 7) is 7.54. The number of carbonyl (C=O) groups is 2. The molecule has 3 aromatic rings. The first-order chi connectivity index (χ1) is 14.3. The number of hydrogen-bond donors (Lipinski definition) is 0. The van der Waals surface area contributed by atoms with Crippen LogP contribution in [0.15, 0.2) is 35.1 Å². The van der Waals surface area contributed by atoms with E-state index in [9.17, 15) is 14.4 Å². The molecule has 0 saturated carbocycles. The fourth-order valence-electron chi connectivity index (χ4n) is 3.43. The molecule has 0 spiro atoms. The van der Waals surface area contributed by atoms with Crippen LogP contribution in [0.2, 0.25) is 0 Å². The first-order valence-electron chi connectivity index (χ1n) is 10.1. The minimum absolute atomic E-state index is 0.120. The van der Waals surface area contributed by atoms with Crippen LogP contribution in [-0.4, -0.2) is 34.6 Å². The predicted molar refractivity (Wildman–Crippen MR) is 115 cm³/mol. The lowest BCUT2D eigenvalue weighted by molar-refractivity contribution is -0.143. The molecule has 0 saturated heterocycles. The largest absolute Gasteiger partial charge is 0.493 e. The van der Waals surface area contributed by atoms with Crippen molar-refractivity contribution < 1.29 is 19.1 Å². The van der Waals surface area contributed by atoms with E-state index in [-0.39, 0.29) is 24.2 Å². The number of fused-ring (bicyclic) bond motifs is 3. The summed E-state index contributed by atoms with van der Waals surface area (Å²) in [5.74, 6) is -0.223. The molecule has 7 nitrogen and oxygen atoms in total. The Morgan fingerprint density at radius 2 is 1.87 bits per heavy atom. The lowest BCUT2D eigenvalue weighted by Crippen LogP contribution is -2.30. The zero-order valence-electron chi connectivity index (χ0n) is 17.7. The van der Waals surface area contributed by atoms with Crippen LogP contribution < -0.4 is 10.3 Å². The Balaban J connectivity index is 2.11. The maximum atomic E-state index is 12.9. The summed E-state index contributed by atoms with van der Waals surface area (Å²) < 4.78 is 12.0. The summed E-state index contributed by atoms with van der Waals surface area (Å²) in [6, 6.07) is 9.27. The summed E-state index contributed by atoms with van der Waals surface area (Å²) in [4.78, 5) is 41.4. The third kappa shape index (κ3) is 4.20. The molecule has 0 bridgehead atoms. The van der Waals surface area contributed by atoms with E-state index in [0.29, 0.717) is 42.1 Å². The van der Waals surface area contributed by atoms with E-state index in [0.717, 1.165) is 15.3 Å². The number of benzene rings is 2. The molecule has 0 fully saturated rings. The molecule has 0 aliphatic carbocycles. The first-order valence-corrected chi connectivity index (χ1v) is 10.1. The highest BCUT2D eigenvalue weighted by Gasteiger charge is 2.19. The van der Waals surface area contributed by atoms with Gasteiger partial charge in [0.2, 0.25) is 5.91 Å². The van der Waals surface area contributed by atoms with Crippen molar-refractivity contribution in [3.8, 4) is 5.75 Å². The number of hydrogen-bond acceptors (Lipinski definition) is 6. The van der Waals surface area contributed by atoms with Crippen molar-refractivity contribution in [1.29, 1.82) is 0 Å². The summed E-state index contributed by atoms with van der Waals surface area (Å²) >= 11 is 0. The number of nitrogens with zero attached hydrogens (tertiary/aromatic N) is 2. The molecule has 0 amide bonds. The molecule has 158 valence electrons. The van der Waals surface area contributed by atoms with Crippen LogP contribution in [0.1, 0.15) is 56.9 Å². The Hall–Kier alpha value is -3.22. The van der Waals surface area contributed by atoms with Crippen LogP contribution in [0.25, 0.3) is 21.8 Å². The van der Waals surface area contributed by atoms with Crippen molar-refractivity contribution in [3.63, 3.8) is 0 Å². The number of rotatable bonds is 7. The second-order valence-electron chi connectivity index (χ2n) is 7.36. The predicted octanol–water partition coefficient (Wildman–Crippen LogP) is 4.06. The molecular weight excluding hydrogens is 384 g/mol. The lowest BCUT2D eigenvalue weighted by Gasteiger charge is -2.16. The number of ether oxygens (including phenoxy) is 2. The van der Waals surface area contributed by atoms with Gasteiger partial charge in [0.05, 0.1) is 24.2 Å². The van der Waals surface area contributed by atoms with Gasteiger partial charge in [-0.3, -0.25) is 14.4 Å². The fraction of sp³-hybridized carbons (Fsp3) is 0.391. The Bertz CT molecular complexity index is 1160. The van der Waals surface area contributed by atoms with Gasteiger partial charge in [0, 0.05) is 36.1 Å². The number of carbonyl (C=O) groups excluding carboxylic acids is 2. The van der Waals surface area contributed by atoms with Crippen LogP contribution in [0.3, 0.4) is 0 Å². The van der Waals surface area contributed by atoms with E-state index in [4.69, 9.17) is 9.47 Å². The Kier molecular flexibility index (Phi) is 6.50. The van der Waals surface area contributed by atoms with Crippen LogP contribution in [-0.2, 0) is 9.53 Å². The van der Waals surface area contributed by atoms with Gasteiger partial charge in [0.25, 0.3) is 5.56 Å². The highest BCUT2D eigenvalue weighted by molar-refractivity contribution is 6.08. The summed E-state index contributed by atoms with van der Waals surface area (Å²) in [6.07, 6.45) is 0.756. The smallest absolute Gasteiger partial charge is 0.305 e. The molecule has 1 heterocycles. The Morgan fingerprint density at radius 1 is 1.17 bits per heavy atom. The van der Waals surface area contributed by atoms with Crippen LogP contribution in [0, 0.1) is 0 Å². The number of aromatic nitrogens is 2. The molecule has 0 N–H and O–H groups in total. The average molecular weight is 410 g/mol. The standard InChI is InChI=1S/C23H26N2O5/c1-5-29-20(27)11-8-12-30-19-13-18-22(17-10-7-6-9-16(17)19)24-21(14(2)3)23(28)25(18)15(4)26/h6-7,9-10,13-14H,5,8,11-12H2,1-4H3. The quantitative estimate of drug-likeness (QED) is 0.332. The van der Waals surface area contributed by atoms with Crippen molar-refractivity contribution in [2.75, 3.05) is 13.2 Å². The Morgan fingerprint density at radius 3 is 2.50 bits per heavy atom. The molecule has 0 atom stereocenters. The van der Waals surface area contributed by atoms with E-state index < -0.39 is 5.56 Å². The summed E-state index contributed by atoms with van der Waals surface area (Å²) in [5, 5.41) is 1.63. The second-order valence-corrected chi connectivity index (χ2v) is 7.36. The lowest BCUT2D eigenvalue weighted by atomic mass is 10.1. The molecular formula is C23H26N2O5. The van der Waals surface area contributed by atoms with Crippen molar-refractivity contribution in [1.82, 2.24) is 9.55 Å². The van der Waals surface area contributed by atoms with Crippen molar-refractivity contribution in [3.05, 3.63) is 46.4 Å². The van der Waals surface area contributed by atoms with Gasteiger partial charge in [-0.15, -0.1) is 0 Å². The van der Waals surface area contributed by atoms with Gasteiger partial charge in [-0.2, -0.15) is 0 Å². The van der Waals surface area contributed by atoms with Gasteiger partial charge in [-0.1, -0.05) is 38.1 Å². The van der Waals surface area contributed by atoms with E-state index in [1.165, 1.54) is 6.92 Å². The molecule has 0 radical (unpaired) electrons. The second kappa shape index (κ2) is 9.07. The minimum Gasteiger partial charge on any atom is -0.493 e. The van der Waals surface area contributed by atoms with E-state index in [2.05, 4.69) is 4.98 Å². The SMILES string of the molecule is CCOC(=O)CCCOc1cc2c(nc(C(C)C)c(=O)n2C(C)=O)c2ccccc12. The van der Waals surface area contributed by atoms with Gasteiger partial charge in [0.1, 0.15) is 11.4 Å². The van der Waals surface area contributed by atoms with Gasteiger partial charge in [-0.25, -0.2) is 9.55 Å². The molecule has 2 aromatic carbocycles. The molecule has 30 heavy (non-hydrogen) atoms. The molecule has 7 heteroatoms. The van der Waals surface area contributed by atoms with E-state index in [1.54, 1.807) is 13.0 Å². The van der Waals surface area contributed by atoms with Crippen LogP contribution >= 0.6 is 0 Å². The van der Waals surface area contributed by atoms with E-state index in [1.807, 2.05) is 38.1 Å². The Labute approximate surface area is 174 Å². The zero-order valence-corrected chi connectivity index (χ0v) is 17.7. The summed E-state index contributed by atoms with van der Waals surface area (Å²) in [5.41, 5.74) is 0.943. The van der Waals surface area contributed by atoms with Gasteiger partial charge in [-0.05, 0) is 13.3 Å². The van der Waals surface area contributed by atoms with Crippen molar-refractivity contribution >= 4 is 33.7 Å².